The average molecular weight is 573 g/mol. The first kappa shape index (κ1) is 26.9. The van der Waals surface area contributed by atoms with Crippen LogP contribution in [-0.4, -0.2) is 38.2 Å². The summed E-state index contributed by atoms with van der Waals surface area (Å²) in [7, 11) is -2.49. The highest BCUT2D eigenvalue weighted by Gasteiger charge is 2.27. The van der Waals surface area contributed by atoms with Crippen LogP contribution >= 0.6 is 11.3 Å². The highest BCUT2D eigenvalue weighted by molar-refractivity contribution is 7.92. The van der Waals surface area contributed by atoms with E-state index in [1.807, 2.05) is 42.5 Å². The number of amides is 1. The standard InChI is InChI=1S/C29H24N4O5S2/c1-37-23-16-12-21(13-17-23)28-31-32-29(39-28)30-27(34)20-33(40(35,36)26-10-6-3-7-11-26)22-14-18-25(19-15-22)38-24-8-4-2-5-9-24/h2-19H,20H2,1H3,(H,30,32,34). The molecule has 0 bridgehead atoms. The summed E-state index contributed by atoms with van der Waals surface area (Å²) in [4.78, 5) is 13.2. The molecular weight excluding hydrogens is 548 g/mol. The van der Waals surface area contributed by atoms with Gasteiger partial charge in [-0.25, -0.2) is 8.42 Å². The molecule has 0 spiro atoms. The predicted molar refractivity (Wildman–Crippen MR) is 154 cm³/mol. The molecule has 0 fully saturated rings. The van der Waals surface area contributed by atoms with Gasteiger partial charge in [-0.05, 0) is 72.8 Å². The average Bonchev–Trinajstić information content (AvgIpc) is 3.46. The number of para-hydroxylation sites is 1. The van der Waals surface area contributed by atoms with Crippen molar-refractivity contribution >= 4 is 38.1 Å². The summed E-state index contributed by atoms with van der Waals surface area (Å²) in [6.07, 6.45) is 0. The molecule has 0 saturated heterocycles. The lowest BCUT2D eigenvalue weighted by molar-refractivity contribution is -0.114. The van der Waals surface area contributed by atoms with Gasteiger partial charge in [-0.15, -0.1) is 10.2 Å². The number of hydrogen-bond acceptors (Lipinski definition) is 8. The molecule has 4 aromatic carbocycles. The zero-order valence-corrected chi connectivity index (χ0v) is 22.9. The van der Waals surface area contributed by atoms with E-state index < -0.39 is 22.5 Å². The Bertz CT molecular complexity index is 1680. The fourth-order valence-electron chi connectivity index (χ4n) is 3.75. The maximum Gasteiger partial charge on any atom is 0.264 e. The molecule has 5 rings (SSSR count). The van der Waals surface area contributed by atoms with E-state index in [4.69, 9.17) is 9.47 Å². The minimum absolute atomic E-state index is 0.0603. The largest absolute Gasteiger partial charge is 0.497 e. The van der Waals surface area contributed by atoms with Crippen LogP contribution < -0.4 is 19.1 Å². The first-order valence-electron chi connectivity index (χ1n) is 12.1. The molecular formula is C29H24N4O5S2. The lowest BCUT2D eigenvalue weighted by Gasteiger charge is -2.24. The van der Waals surface area contributed by atoms with E-state index in [0.29, 0.717) is 27.9 Å². The second-order valence-corrected chi connectivity index (χ2v) is 11.3. The smallest absolute Gasteiger partial charge is 0.264 e. The topological polar surface area (TPSA) is 111 Å². The molecule has 9 nitrogen and oxygen atoms in total. The van der Waals surface area contributed by atoms with E-state index >= 15 is 0 Å². The summed E-state index contributed by atoms with van der Waals surface area (Å²) in [5.74, 6) is 1.31. The molecule has 0 saturated carbocycles. The van der Waals surface area contributed by atoms with Gasteiger partial charge in [0.1, 0.15) is 28.8 Å². The summed E-state index contributed by atoms with van der Waals surface area (Å²) in [5.41, 5.74) is 1.11. The van der Waals surface area contributed by atoms with Crippen LogP contribution in [0.2, 0.25) is 0 Å². The Morgan fingerprint density at radius 2 is 1.40 bits per heavy atom. The van der Waals surface area contributed by atoms with E-state index in [9.17, 15) is 13.2 Å². The quantitative estimate of drug-likeness (QED) is 0.224. The molecule has 0 unspecified atom stereocenters. The third-order valence-electron chi connectivity index (χ3n) is 5.73. The lowest BCUT2D eigenvalue weighted by Crippen LogP contribution is -2.38. The van der Waals surface area contributed by atoms with Crippen molar-refractivity contribution < 1.29 is 22.7 Å². The fourth-order valence-corrected chi connectivity index (χ4v) is 5.96. The van der Waals surface area contributed by atoms with Crippen molar-refractivity contribution in [3.63, 3.8) is 0 Å². The second-order valence-electron chi connectivity index (χ2n) is 8.42. The highest BCUT2D eigenvalue weighted by atomic mass is 32.2. The van der Waals surface area contributed by atoms with Crippen LogP contribution in [-0.2, 0) is 14.8 Å². The van der Waals surface area contributed by atoms with Crippen LogP contribution in [0.4, 0.5) is 10.8 Å². The Labute approximate surface area is 235 Å². The van der Waals surface area contributed by atoms with Gasteiger partial charge in [-0.2, -0.15) is 0 Å². The molecule has 202 valence electrons. The van der Waals surface area contributed by atoms with Crippen LogP contribution in [0.1, 0.15) is 0 Å². The molecule has 1 N–H and O–H groups in total. The lowest BCUT2D eigenvalue weighted by atomic mass is 10.2. The second kappa shape index (κ2) is 12.0. The van der Waals surface area contributed by atoms with Gasteiger partial charge in [-0.1, -0.05) is 47.7 Å². The van der Waals surface area contributed by atoms with Crippen LogP contribution in [0, 0.1) is 0 Å². The van der Waals surface area contributed by atoms with E-state index in [-0.39, 0.29) is 10.0 Å². The number of benzene rings is 4. The highest BCUT2D eigenvalue weighted by Crippen LogP contribution is 2.30. The maximum absolute atomic E-state index is 13.6. The van der Waals surface area contributed by atoms with Gasteiger partial charge in [0.25, 0.3) is 10.0 Å². The molecule has 1 heterocycles. The van der Waals surface area contributed by atoms with Crippen molar-refractivity contribution in [2.75, 3.05) is 23.3 Å². The van der Waals surface area contributed by atoms with Crippen molar-refractivity contribution in [2.45, 2.75) is 4.90 Å². The van der Waals surface area contributed by atoms with Gasteiger partial charge in [0.15, 0.2) is 0 Å². The molecule has 1 aromatic heterocycles. The normalized spacial score (nSPS) is 11.0. The third kappa shape index (κ3) is 6.28. The van der Waals surface area contributed by atoms with Crippen molar-refractivity contribution in [2.24, 2.45) is 0 Å². The number of nitrogens with zero attached hydrogens (tertiary/aromatic N) is 3. The van der Waals surface area contributed by atoms with Gasteiger partial charge in [0.2, 0.25) is 11.0 Å². The Morgan fingerprint density at radius 3 is 2.05 bits per heavy atom. The molecule has 0 aliphatic heterocycles. The van der Waals surface area contributed by atoms with E-state index in [1.54, 1.807) is 61.7 Å². The molecule has 1 amide bonds. The molecule has 0 atom stereocenters. The fraction of sp³-hybridized carbons (Fsp3) is 0.0690. The maximum atomic E-state index is 13.6. The summed E-state index contributed by atoms with van der Waals surface area (Å²) in [6.45, 7) is -0.479. The first-order chi connectivity index (χ1) is 19.4. The summed E-state index contributed by atoms with van der Waals surface area (Å²) < 4.78 is 39.3. The molecule has 0 aliphatic carbocycles. The SMILES string of the molecule is COc1ccc(-c2nnc(NC(=O)CN(c3ccc(Oc4ccccc4)cc3)S(=O)(=O)c3ccccc3)s2)cc1. The third-order valence-corrected chi connectivity index (χ3v) is 8.41. The minimum Gasteiger partial charge on any atom is -0.497 e. The zero-order valence-electron chi connectivity index (χ0n) is 21.3. The number of sulfonamides is 1. The van der Waals surface area contributed by atoms with Crippen LogP contribution in [0.25, 0.3) is 10.6 Å². The van der Waals surface area contributed by atoms with Crippen LogP contribution in [0.3, 0.4) is 0 Å². The van der Waals surface area contributed by atoms with Gasteiger partial charge in [0, 0.05) is 5.56 Å². The van der Waals surface area contributed by atoms with Gasteiger partial charge in [0.05, 0.1) is 17.7 Å². The van der Waals surface area contributed by atoms with Crippen molar-refractivity contribution in [3.8, 4) is 27.8 Å². The Kier molecular flexibility index (Phi) is 8.04. The Morgan fingerprint density at radius 1 is 0.800 bits per heavy atom. The number of hydrogen-bond donors (Lipinski definition) is 1. The Hall–Kier alpha value is -4.74. The number of anilines is 2. The monoisotopic (exact) mass is 572 g/mol. The molecule has 11 heteroatoms. The number of carbonyl (C=O) groups is 1. The molecule has 40 heavy (non-hydrogen) atoms. The molecule has 0 radical (unpaired) electrons. The molecule has 5 aromatic rings. The Balaban J connectivity index is 1.36. The number of rotatable bonds is 10. The van der Waals surface area contributed by atoms with Gasteiger partial charge < -0.3 is 9.47 Å². The van der Waals surface area contributed by atoms with Gasteiger partial charge in [-0.3, -0.25) is 14.4 Å². The summed E-state index contributed by atoms with van der Waals surface area (Å²) in [5, 5.41) is 11.7. The zero-order chi connectivity index (χ0) is 28.0. The number of methoxy groups -OCH3 is 1. The van der Waals surface area contributed by atoms with E-state index in [2.05, 4.69) is 15.5 Å². The minimum atomic E-state index is -4.07. The van der Waals surface area contributed by atoms with Gasteiger partial charge >= 0.3 is 0 Å². The van der Waals surface area contributed by atoms with Crippen molar-refractivity contribution in [1.82, 2.24) is 10.2 Å². The number of nitrogens with one attached hydrogen (secondary N) is 1. The number of ether oxygens (including phenoxy) is 2. The van der Waals surface area contributed by atoms with E-state index in [1.165, 1.54) is 23.5 Å². The summed E-state index contributed by atoms with van der Waals surface area (Å²) in [6, 6.07) is 31.0. The summed E-state index contributed by atoms with van der Waals surface area (Å²) >= 11 is 1.18. The first-order valence-corrected chi connectivity index (χ1v) is 14.4. The molecule has 0 aliphatic rings. The van der Waals surface area contributed by atoms with E-state index in [0.717, 1.165) is 9.87 Å². The predicted octanol–water partition coefficient (Wildman–Crippen LogP) is 5.84. The van der Waals surface area contributed by atoms with Crippen molar-refractivity contribution in [1.29, 1.82) is 0 Å². The van der Waals surface area contributed by atoms with Crippen molar-refractivity contribution in [3.05, 3.63) is 109 Å². The van der Waals surface area contributed by atoms with Crippen LogP contribution in [0.5, 0.6) is 17.2 Å². The number of aromatic nitrogens is 2. The number of carbonyl (C=O) groups excluding carboxylic acids is 1. The van der Waals surface area contributed by atoms with Crippen LogP contribution in [0.15, 0.2) is 114 Å².